The van der Waals surface area contributed by atoms with Crippen molar-refractivity contribution in [2.45, 2.75) is 45.1 Å². The molecule has 1 atom stereocenters. The van der Waals surface area contributed by atoms with E-state index in [-0.39, 0.29) is 28.5 Å². The van der Waals surface area contributed by atoms with Crippen LogP contribution >= 0.6 is 0 Å². The minimum atomic E-state index is -0.323. The van der Waals surface area contributed by atoms with Crippen molar-refractivity contribution in [1.29, 1.82) is 0 Å². The van der Waals surface area contributed by atoms with Crippen molar-refractivity contribution in [3.63, 3.8) is 0 Å². The number of carbonyl (C=O) groups is 1. The van der Waals surface area contributed by atoms with Gasteiger partial charge in [0.2, 0.25) is 0 Å². The normalized spacial score (nSPS) is 18.0. The molecule has 1 aliphatic rings. The first kappa shape index (κ1) is 16.5. The standard InChI is InChI=1S/C20H24N2O2/c1-20(2,3)15-10-8-14(9-11-15)17-7-5-13-22(17)19(24)16-6-4-12-21-18(16)23/h4,6,8-12,17H,5,7,13H2,1-3H3,(H,21,23). The highest BCUT2D eigenvalue weighted by Gasteiger charge is 2.31. The Hall–Kier alpha value is -2.36. The van der Waals surface area contributed by atoms with Gasteiger partial charge in [-0.15, -0.1) is 0 Å². The summed E-state index contributed by atoms with van der Waals surface area (Å²) in [7, 11) is 0. The number of rotatable bonds is 2. The number of hydrogen-bond donors (Lipinski definition) is 1. The second-order valence-electron chi connectivity index (χ2n) is 7.44. The Bertz CT molecular complexity index is 784. The molecule has 2 aromatic rings. The summed E-state index contributed by atoms with van der Waals surface area (Å²) in [6.07, 6.45) is 3.44. The Morgan fingerprint density at radius 1 is 1.17 bits per heavy atom. The molecule has 0 spiro atoms. The Kier molecular flexibility index (Phi) is 4.31. The summed E-state index contributed by atoms with van der Waals surface area (Å²) in [4.78, 5) is 29.1. The zero-order valence-electron chi connectivity index (χ0n) is 14.5. The Morgan fingerprint density at radius 3 is 2.50 bits per heavy atom. The van der Waals surface area contributed by atoms with Gasteiger partial charge in [-0.05, 0) is 41.5 Å². The molecular weight excluding hydrogens is 300 g/mol. The summed E-state index contributed by atoms with van der Waals surface area (Å²) in [5, 5.41) is 0. The highest BCUT2D eigenvalue weighted by molar-refractivity contribution is 5.94. The van der Waals surface area contributed by atoms with Crippen LogP contribution in [0.25, 0.3) is 0 Å². The van der Waals surface area contributed by atoms with Crippen LogP contribution < -0.4 is 5.56 Å². The maximum atomic E-state index is 12.8. The van der Waals surface area contributed by atoms with Crippen molar-refractivity contribution in [2.24, 2.45) is 0 Å². The monoisotopic (exact) mass is 324 g/mol. The fourth-order valence-corrected chi connectivity index (χ4v) is 3.31. The van der Waals surface area contributed by atoms with Gasteiger partial charge in [-0.1, -0.05) is 45.0 Å². The van der Waals surface area contributed by atoms with E-state index < -0.39 is 0 Å². The fraction of sp³-hybridized carbons (Fsp3) is 0.400. The zero-order chi connectivity index (χ0) is 17.3. The molecule has 4 nitrogen and oxygen atoms in total. The maximum absolute atomic E-state index is 12.8. The number of aromatic nitrogens is 1. The van der Waals surface area contributed by atoms with Crippen LogP contribution in [0.4, 0.5) is 0 Å². The van der Waals surface area contributed by atoms with Crippen LogP contribution in [0, 0.1) is 0 Å². The molecule has 24 heavy (non-hydrogen) atoms. The fourth-order valence-electron chi connectivity index (χ4n) is 3.31. The first-order valence-corrected chi connectivity index (χ1v) is 8.47. The summed E-state index contributed by atoms with van der Waals surface area (Å²) in [5.74, 6) is -0.181. The van der Waals surface area contributed by atoms with Crippen LogP contribution in [-0.2, 0) is 5.41 Å². The van der Waals surface area contributed by atoms with Crippen LogP contribution in [0.2, 0.25) is 0 Å². The quantitative estimate of drug-likeness (QED) is 0.917. The van der Waals surface area contributed by atoms with E-state index in [1.807, 2.05) is 4.90 Å². The average Bonchev–Trinajstić information content (AvgIpc) is 3.03. The summed E-state index contributed by atoms with van der Waals surface area (Å²) in [6.45, 7) is 7.26. The van der Waals surface area contributed by atoms with Gasteiger partial charge < -0.3 is 9.88 Å². The average molecular weight is 324 g/mol. The molecule has 1 fully saturated rings. The number of H-pyrrole nitrogens is 1. The van der Waals surface area contributed by atoms with Crippen molar-refractivity contribution in [1.82, 2.24) is 9.88 Å². The molecule has 0 saturated carbocycles. The van der Waals surface area contributed by atoms with E-state index in [1.54, 1.807) is 18.3 Å². The smallest absolute Gasteiger partial charge is 0.260 e. The second kappa shape index (κ2) is 6.27. The first-order valence-electron chi connectivity index (χ1n) is 8.47. The number of hydrogen-bond acceptors (Lipinski definition) is 2. The minimum Gasteiger partial charge on any atom is -0.331 e. The van der Waals surface area contributed by atoms with Gasteiger partial charge in [-0.3, -0.25) is 9.59 Å². The lowest BCUT2D eigenvalue weighted by atomic mass is 9.86. The van der Waals surface area contributed by atoms with Crippen molar-refractivity contribution >= 4 is 5.91 Å². The number of nitrogens with one attached hydrogen (secondary N) is 1. The van der Waals surface area contributed by atoms with E-state index in [4.69, 9.17) is 0 Å². The van der Waals surface area contributed by atoms with Crippen molar-refractivity contribution < 1.29 is 4.79 Å². The maximum Gasteiger partial charge on any atom is 0.260 e. The number of likely N-dealkylation sites (tertiary alicyclic amines) is 1. The molecule has 3 rings (SSSR count). The molecule has 1 aromatic carbocycles. The molecule has 1 amide bonds. The lowest BCUT2D eigenvalue weighted by Crippen LogP contribution is -2.34. The molecule has 0 radical (unpaired) electrons. The van der Waals surface area contributed by atoms with Gasteiger partial charge in [0, 0.05) is 12.7 Å². The number of aromatic amines is 1. The number of carbonyl (C=O) groups excluding carboxylic acids is 1. The van der Waals surface area contributed by atoms with Crippen molar-refractivity contribution in [3.8, 4) is 0 Å². The molecule has 1 aromatic heterocycles. The Morgan fingerprint density at radius 2 is 1.88 bits per heavy atom. The van der Waals surface area contributed by atoms with Gasteiger partial charge in [0.05, 0.1) is 6.04 Å². The molecule has 4 heteroatoms. The van der Waals surface area contributed by atoms with E-state index in [1.165, 1.54) is 5.56 Å². The molecule has 1 unspecified atom stereocenters. The number of amides is 1. The summed E-state index contributed by atoms with van der Waals surface area (Å²) in [6, 6.07) is 11.9. The molecule has 0 aliphatic carbocycles. The van der Waals surface area contributed by atoms with Crippen LogP contribution in [-0.4, -0.2) is 22.3 Å². The molecule has 0 bridgehead atoms. The van der Waals surface area contributed by atoms with E-state index >= 15 is 0 Å². The predicted molar refractivity (Wildman–Crippen MR) is 95.2 cm³/mol. The molecule has 1 aliphatic heterocycles. The third-order valence-electron chi connectivity index (χ3n) is 4.72. The van der Waals surface area contributed by atoms with Crippen LogP contribution in [0.3, 0.4) is 0 Å². The van der Waals surface area contributed by atoms with E-state index in [0.717, 1.165) is 18.4 Å². The second-order valence-corrected chi connectivity index (χ2v) is 7.44. The third kappa shape index (κ3) is 3.14. The summed E-state index contributed by atoms with van der Waals surface area (Å²) in [5.41, 5.74) is 2.43. The van der Waals surface area contributed by atoms with Crippen LogP contribution in [0.1, 0.15) is 61.1 Å². The number of nitrogens with zero attached hydrogens (tertiary/aromatic N) is 1. The van der Waals surface area contributed by atoms with Crippen LogP contribution in [0.15, 0.2) is 47.4 Å². The van der Waals surface area contributed by atoms with Gasteiger partial charge >= 0.3 is 0 Å². The number of benzene rings is 1. The summed E-state index contributed by atoms with van der Waals surface area (Å²) >= 11 is 0. The molecule has 2 heterocycles. The van der Waals surface area contributed by atoms with Gasteiger partial charge in [-0.25, -0.2) is 0 Å². The van der Waals surface area contributed by atoms with E-state index in [0.29, 0.717) is 6.54 Å². The molecular formula is C20H24N2O2. The molecule has 1 N–H and O–H groups in total. The Balaban J connectivity index is 1.87. The largest absolute Gasteiger partial charge is 0.331 e. The SMILES string of the molecule is CC(C)(C)c1ccc(C2CCCN2C(=O)c2ccc[nH]c2=O)cc1. The van der Waals surface area contributed by atoms with Crippen molar-refractivity contribution in [3.05, 3.63) is 69.6 Å². The molecule has 126 valence electrons. The minimum absolute atomic E-state index is 0.0473. The zero-order valence-corrected chi connectivity index (χ0v) is 14.5. The van der Waals surface area contributed by atoms with Gasteiger partial charge in [0.1, 0.15) is 5.56 Å². The lowest BCUT2D eigenvalue weighted by molar-refractivity contribution is 0.0734. The van der Waals surface area contributed by atoms with E-state index in [2.05, 4.69) is 50.0 Å². The van der Waals surface area contributed by atoms with Gasteiger partial charge in [-0.2, -0.15) is 0 Å². The van der Waals surface area contributed by atoms with E-state index in [9.17, 15) is 9.59 Å². The topological polar surface area (TPSA) is 53.2 Å². The highest BCUT2D eigenvalue weighted by atomic mass is 16.2. The van der Waals surface area contributed by atoms with Gasteiger partial charge in [0.15, 0.2) is 0 Å². The molecule has 1 saturated heterocycles. The highest BCUT2D eigenvalue weighted by Crippen LogP contribution is 2.34. The van der Waals surface area contributed by atoms with Gasteiger partial charge in [0.25, 0.3) is 11.5 Å². The Labute approximate surface area is 142 Å². The third-order valence-corrected chi connectivity index (χ3v) is 4.72. The number of pyridine rings is 1. The van der Waals surface area contributed by atoms with Crippen molar-refractivity contribution in [2.75, 3.05) is 6.54 Å². The predicted octanol–water partition coefficient (Wildman–Crippen LogP) is 3.65. The van der Waals surface area contributed by atoms with Crippen LogP contribution in [0.5, 0.6) is 0 Å². The first-order chi connectivity index (χ1) is 11.4. The summed E-state index contributed by atoms with van der Waals surface area (Å²) < 4.78 is 0. The lowest BCUT2D eigenvalue weighted by Gasteiger charge is -2.26.